The van der Waals surface area contributed by atoms with Gasteiger partial charge in [-0.2, -0.15) is 13.2 Å². The number of alkyl halides is 3. The van der Waals surface area contributed by atoms with Crippen molar-refractivity contribution >= 4 is 0 Å². The van der Waals surface area contributed by atoms with Crippen molar-refractivity contribution in [3.05, 3.63) is 0 Å². The predicted molar refractivity (Wildman–Crippen MR) is 78.2 cm³/mol. The number of hydrogen-bond donors (Lipinski definition) is 2. The average molecular weight is 310 g/mol. The summed E-state index contributed by atoms with van der Waals surface area (Å²) >= 11 is 0. The molecule has 3 nitrogen and oxygen atoms in total. The van der Waals surface area contributed by atoms with Crippen molar-refractivity contribution in [2.75, 3.05) is 32.8 Å². The van der Waals surface area contributed by atoms with E-state index in [0.29, 0.717) is 13.1 Å². The van der Waals surface area contributed by atoms with Crippen LogP contribution in [0.25, 0.3) is 0 Å². The maximum atomic E-state index is 12.6. The molecule has 126 valence electrons. The molecule has 0 aromatic rings. The second-order valence-electron chi connectivity index (χ2n) is 6.36. The molecular formula is C15H29F3N2O. The van der Waals surface area contributed by atoms with Crippen molar-refractivity contribution in [1.82, 2.24) is 10.2 Å². The smallest absolute Gasteiger partial charge is 0.391 e. The van der Waals surface area contributed by atoms with Gasteiger partial charge in [-0.25, -0.2) is 0 Å². The van der Waals surface area contributed by atoms with Crippen molar-refractivity contribution in [3.63, 3.8) is 0 Å². The van der Waals surface area contributed by atoms with Crippen molar-refractivity contribution < 1.29 is 18.3 Å². The molecule has 0 spiro atoms. The first-order valence-electron chi connectivity index (χ1n) is 7.95. The largest absolute Gasteiger partial charge is 0.394 e. The van der Waals surface area contributed by atoms with Gasteiger partial charge in [0.15, 0.2) is 0 Å². The fourth-order valence-corrected chi connectivity index (χ4v) is 2.98. The van der Waals surface area contributed by atoms with Crippen LogP contribution in [-0.2, 0) is 0 Å². The van der Waals surface area contributed by atoms with Gasteiger partial charge in [0.25, 0.3) is 0 Å². The van der Waals surface area contributed by atoms with Crippen LogP contribution in [0.2, 0.25) is 0 Å². The highest BCUT2D eigenvalue weighted by Crippen LogP contribution is 2.34. The Morgan fingerprint density at radius 3 is 2.29 bits per heavy atom. The maximum absolute atomic E-state index is 12.6. The molecule has 1 aliphatic heterocycles. The Morgan fingerprint density at radius 2 is 1.81 bits per heavy atom. The molecule has 0 aromatic heterocycles. The van der Waals surface area contributed by atoms with Gasteiger partial charge in [0.2, 0.25) is 0 Å². The zero-order chi connectivity index (χ0) is 15.9. The zero-order valence-corrected chi connectivity index (χ0v) is 13.2. The number of aliphatic hydroxyl groups is 1. The Morgan fingerprint density at radius 1 is 1.19 bits per heavy atom. The highest BCUT2D eigenvalue weighted by molar-refractivity contribution is 4.82. The van der Waals surface area contributed by atoms with E-state index in [9.17, 15) is 18.3 Å². The summed E-state index contributed by atoms with van der Waals surface area (Å²) in [6, 6.07) is 0. The molecule has 2 N–H and O–H groups in total. The molecule has 0 bridgehead atoms. The molecule has 1 rings (SSSR count). The Balaban J connectivity index is 2.17. The van der Waals surface area contributed by atoms with Crippen LogP contribution >= 0.6 is 0 Å². The summed E-state index contributed by atoms with van der Waals surface area (Å²) in [7, 11) is 0. The minimum atomic E-state index is -4.03. The average Bonchev–Trinajstić information content (AvgIpc) is 2.43. The molecule has 0 aliphatic carbocycles. The number of unbranched alkanes of at least 4 members (excludes halogenated alkanes) is 1. The maximum Gasteiger partial charge on any atom is 0.391 e. The summed E-state index contributed by atoms with van der Waals surface area (Å²) in [5.41, 5.74) is -0.238. The predicted octanol–water partition coefficient (Wildman–Crippen LogP) is 2.79. The lowest BCUT2D eigenvalue weighted by Gasteiger charge is -2.33. The van der Waals surface area contributed by atoms with Gasteiger partial charge in [0, 0.05) is 5.54 Å². The third kappa shape index (κ3) is 6.53. The van der Waals surface area contributed by atoms with Crippen LogP contribution in [0, 0.1) is 5.92 Å². The van der Waals surface area contributed by atoms with Gasteiger partial charge in [-0.15, -0.1) is 0 Å². The van der Waals surface area contributed by atoms with Crippen molar-refractivity contribution in [3.8, 4) is 0 Å². The summed E-state index contributed by atoms with van der Waals surface area (Å²) in [5.74, 6) is -1.11. The zero-order valence-electron chi connectivity index (χ0n) is 13.2. The molecule has 1 heterocycles. The number of nitrogens with zero attached hydrogens (tertiary/aromatic N) is 1. The van der Waals surface area contributed by atoms with Crippen molar-refractivity contribution in [2.24, 2.45) is 5.92 Å². The fraction of sp³-hybridized carbons (Fsp3) is 1.00. The molecule has 21 heavy (non-hydrogen) atoms. The third-order valence-electron chi connectivity index (χ3n) is 4.46. The highest BCUT2D eigenvalue weighted by atomic mass is 19.4. The Hall–Kier alpha value is -0.330. The SMILES string of the molecule is CCNC(C)(CO)CCCCN1CCC(C(F)(F)F)CC1. The number of nitrogens with one attached hydrogen (secondary N) is 1. The molecule has 0 aromatic carbocycles. The normalized spacial score (nSPS) is 21.4. The van der Waals surface area contributed by atoms with Gasteiger partial charge in [-0.3, -0.25) is 0 Å². The van der Waals surface area contributed by atoms with Crippen LogP contribution < -0.4 is 5.32 Å². The van der Waals surface area contributed by atoms with Gasteiger partial charge in [-0.05, 0) is 58.8 Å². The first-order valence-corrected chi connectivity index (χ1v) is 7.95. The van der Waals surface area contributed by atoms with E-state index in [1.54, 1.807) is 0 Å². The monoisotopic (exact) mass is 310 g/mol. The van der Waals surface area contributed by atoms with Crippen molar-refractivity contribution in [1.29, 1.82) is 0 Å². The van der Waals surface area contributed by atoms with E-state index in [0.717, 1.165) is 32.4 Å². The van der Waals surface area contributed by atoms with Crippen LogP contribution in [0.5, 0.6) is 0 Å². The number of halogens is 3. The summed E-state index contributed by atoms with van der Waals surface area (Å²) in [6.07, 6.45) is -0.734. The van der Waals surface area contributed by atoms with E-state index in [2.05, 4.69) is 10.2 Å². The van der Waals surface area contributed by atoms with E-state index in [1.165, 1.54) is 0 Å². The fourth-order valence-electron chi connectivity index (χ4n) is 2.98. The number of aliphatic hydroxyl groups excluding tert-OH is 1. The second kappa shape index (κ2) is 8.34. The number of rotatable bonds is 8. The summed E-state index contributed by atoms with van der Waals surface area (Å²) < 4.78 is 37.7. The van der Waals surface area contributed by atoms with E-state index >= 15 is 0 Å². The van der Waals surface area contributed by atoms with E-state index in [4.69, 9.17) is 0 Å². The molecule has 0 radical (unpaired) electrons. The lowest BCUT2D eigenvalue weighted by Crippen LogP contribution is -2.45. The van der Waals surface area contributed by atoms with Gasteiger partial charge >= 0.3 is 6.18 Å². The summed E-state index contributed by atoms with van der Waals surface area (Å²) in [5, 5.41) is 12.7. The summed E-state index contributed by atoms with van der Waals surface area (Å²) in [4.78, 5) is 2.13. The quantitative estimate of drug-likeness (QED) is 0.677. The Labute approximate surface area is 125 Å². The molecule has 1 atom stereocenters. The number of likely N-dealkylation sites (N-methyl/N-ethyl adjacent to an activating group) is 1. The van der Waals surface area contributed by atoms with Crippen LogP contribution in [0.3, 0.4) is 0 Å². The molecule has 0 saturated carbocycles. The topological polar surface area (TPSA) is 35.5 Å². The van der Waals surface area contributed by atoms with Crippen molar-refractivity contribution in [2.45, 2.75) is 57.7 Å². The van der Waals surface area contributed by atoms with E-state index < -0.39 is 12.1 Å². The van der Waals surface area contributed by atoms with Crippen LogP contribution in [0.15, 0.2) is 0 Å². The minimum absolute atomic E-state index is 0.109. The van der Waals surface area contributed by atoms with Gasteiger partial charge in [0.1, 0.15) is 0 Å². The first-order chi connectivity index (χ1) is 9.80. The molecule has 0 amide bonds. The van der Waals surface area contributed by atoms with Gasteiger partial charge in [-0.1, -0.05) is 13.3 Å². The Kier molecular flexibility index (Phi) is 7.44. The minimum Gasteiger partial charge on any atom is -0.394 e. The first kappa shape index (κ1) is 18.7. The molecule has 1 saturated heterocycles. The van der Waals surface area contributed by atoms with Crippen LogP contribution in [0.1, 0.15) is 46.0 Å². The number of likely N-dealkylation sites (tertiary alicyclic amines) is 1. The molecule has 6 heteroatoms. The molecule has 1 unspecified atom stereocenters. The van der Waals surface area contributed by atoms with Gasteiger partial charge in [0.05, 0.1) is 12.5 Å². The van der Waals surface area contributed by atoms with E-state index in [1.807, 2.05) is 13.8 Å². The lowest BCUT2D eigenvalue weighted by molar-refractivity contribution is -0.185. The Bertz CT molecular complexity index is 291. The highest BCUT2D eigenvalue weighted by Gasteiger charge is 2.40. The molecule has 1 aliphatic rings. The summed E-state index contributed by atoms with van der Waals surface area (Å²) in [6.45, 7) is 6.91. The van der Waals surface area contributed by atoms with E-state index in [-0.39, 0.29) is 25.0 Å². The second-order valence-corrected chi connectivity index (χ2v) is 6.36. The standard InChI is InChI=1S/C15H29F3N2O/c1-3-19-14(2,12-21)8-4-5-9-20-10-6-13(7-11-20)15(16,17)18/h13,19,21H,3-12H2,1-2H3. The molecule has 1 fully saturated rings. The number of hydrogen-bond acceptors (Lipinski definition) is 3. The molecular weight excluding hydrogens is 281 g/mol. The number of piperidine rings is 1. The van der Waals surface area contributed by atoms with Crippen LogP contribution in [0.4, 0.5) is 13.2 Å². The lowest BCUT2D eigenvalue weighted by atomic mass is 9.94. The van der Waals surface area contributed by atoms with Gasteiger partial charge < -0.3 is 15.3 Å². The third-order valence-corrected chi connectivity index (χ3v) is 4.46. The van der Waals surface area contributed by atoms with Crippen LogP contribution in [-0.4, -0.2) is 54.5 Å².